The molecule has 0 saturated carbocycles. The summed E-state index contributed by atoms with van der Waals surface area (Å²) >= 11 is 0. The van der Waals surface area contributed by atoms with E-state index in [0.717, 1.165) is 25.2 Å². The quantitative estimate of drug-likeness (QED) is 0.285. The number of alkyl halides is 3. The minimum Gasteiger partial charge on any atom is -0.382 e. The number of aromatic nitrogens is 3. The van der Waals surface area contributed by atoms with Crippen LogP contribution in [0.25, 0.3) is 16.6 Å². The molecule has 0 radical (unpaired) electrons. The molecule has 13 heteroatoms. The number of carbonyl (C=O) groups excluding carboxylic acids is 1. The Hall–Kier alpha value is -4.26. The summed E-state index contributed by atoms with van der Waals surface area (Å²) in [4.78, 5) is 16.3. The Kier molecular flexibility index (Phi) is 6.15. The number of benzene rings is 2. The van der Waals surface area contributed by atoms with Crippen LogP contribution in [0.3, 0.4) is 0 Å². The summed E-state index contributed by atoms with van der Waals surface area (Å²) in [5.41, 5.74) is 6.47. The van der Waals surface area contributed by atoms with Crippen molar-refractivity contribution in [1.29, 1.82) is 0 Å². The molecule has 8 nitrogen and oxygen atoms in total. The molecule has 3 heterocycles. The van der Waals surface area contributed by atoms with Gasteiger partial charge < -0.3 is 21.7 Å². The molecule has 1 saturated heterocycles. The predicted molar refractivity (Wildman–Crippen MR) is 127 cm³/mol. The maximum absolute atomic E-state index is 15.0. The Morgan fingerprint density at radius 3 is 2.54 bits per heavy atom. The molecular weight excluding hydrogens is 497 g/mol. The fourth-order valence-corrected chi connectivity index (χ4v) is 4.37. The lowest BCUT2D eigenvalue weighted by Crippen LogP contribution is -2.21. The molecule has 0 spiro atoms. The molecule has 0 aliphatic carbocycles. The van der Waals surface area contributed by atoms with Gasteiger partial charge in [-0.25, -0.2) is 23.1 Å². The Bertz CT molecular complexity index is 1500. The van der Waals surface area contributed by atoms with Crippen molar-refractivity contribution in [3.05, 3.63) is 71.7 Å². The van der Waals surface area contributed by atoms with E-state index in [2.05, 4.69) is 20.7 Å². The van der Waals surface area contributed by atoms with Gasteiger partial charge in [0, 0.05) is 23.7 Å². The third-order valence-corrected chi connectivity index (χ3v) is 6.16. The van der Waals surface area contributed by atoms with E-state index in [4.69, 9.17) is 5.73 Å². The minimum absolute atomic E-state index is 0.182. The first-order valence-electron chi connectivity index (χ1n) is 11.2. The van der Waals surface area contributed by atoms with E-state index in [1.165, 1.54) is 18.5 Å². The van der Waals surface area contributed by atoms with Crippen molar-refractivity contribution in [3.8, 4) is 11.1 Å². The highest BCUT2D eigenvalue weighted by Gasteiger charge is 2.31. The molecule has 192 valence electrons. The van der Waals surface area contributed by atoms with Gasteiger partial charge in [-0.1, -0.05) is 6.07 Å². The summed E-state index contributed by atoms with van der Waals surface area (Å²) < 4.78 is 69.3. The lowest BCUT2D eigenvalue weighted by molar-refractivity contribution is -0.137. The zero-order valence-corrected chi connectivity index (χ0v) is 19.0. The number of hydrogen-bond acceptors (Lipinski definition) is 5. The highest BCUT2D eigenvalue weighted by atomic mass is 19.4. The average Bonchev–Trinajstić information content (AvgIpc) is 3.50. The number of rotatable bonds is 4. The number of nitrogens with two attached hydrogens (primary N) is 1. The summed E-state index contributed by atoms with van der Waals surface area (Å²) in [6.45, 7) is 1.61. The van der Waals surface area contributed by atoms with Crippen LogP contribution >= 0.6 is 0 Å². The van der Waals surface area contributed by atoms with E-state index in [0.29, 0.717) is 34.8 Å². The molecule has 2 amide bonds. The summed E-state index contributed by atoms with van der Waals surface area (Å²) in [6.07, 6.45) is -2.49. The first-order chi connectivity index (χ1) is 17.6. The van der Waals surface area contributed by atoms with Gasteiger partial charge in [0.25, 0.3) is 0 Å². The van der Waals surface area contributed by atoms with Gasteiger partial charge in [-0.15, -0.1) is 0 Å². The first-order valence-corrected chi connectivity index (χ1v) is 11.2. The van der Waals surface area contributed by atoms with Gasteiger partial charge in [-0.05, 0) is 54.9 Å². The van der Waals surface area contributed by atoms with Crippen molar-refractivity contribution < 1.29 is 26.7 Å². The minimum atomic E-state index is -4.73. The van der Waals surface area contributed by atoms with Crippen LogP contribution in [0.1, 0.15) is 23.6 Å². The molecule has 0 bridgehead atoms. The molecule has 1 unspecified atom stereocenters. The van der Waals surface area contributed by atoms with Crippen molar-refractivity contribution in [2.24, 2.45) is 0 Å². The number of nitrogen functional groups attached to an aromatic ring is 1. The second kappa shape index (κ2) is 9.32. The lowest BCUT2D eigenvalue weighted by Gasteiger charge is -2.12. The van der Waals surface area contributed by atoms with Crippen LogP contribution in [-0.4, -0.2) is 33.7 Å². The lowest BCUT2D eigenvalue weighted by atomic mass is 10.0. The summed E-state index contributed by atoms with van der Waals surface area (Å²) in [7, 11) is 0. The maximum Gasteiger partial charge on any atom is 0.416 e. The highest BCUT2D eigenvalue weighted by molar-refractivity contribution is 6.00. The van der Waals surface area contributed by atoms with Crippen LogP contribution in [0.2, 0.25) is 0 Å². The third kappa shape index (κ3) is 4.77. The summed E-state index contributed by atoms with van der Waals surface area (Å²) in [5, 5.41) is 11.8. The van der Waals surface area contributed by atoms with E-state index >= 15 is 0 Å². The Balaban J connectivity index is 1.41. The van der Waals surface area contributed by atoms with Gasteiger partial charge in [0.1, 0.15) is 23.5 Å². The maximum atomic E-state index is 15.0. The fraction of sp³-hybridized carbons (Fsp3) is 0.208. The number of nitrogens with zero attached hydrogens (tertiary/aromatic N) is 3. The summed E-state index contributed by atoms with van der Waals surface area (Å²) in [5.74, 6) is -1.50. The monoisotopic (exact) mass is 517 g/mol. The van der Waals surface area contributed by atoms with Crippen LogP contribution in [0.5, 0.6) is 0 Å². The topological polar surface area (TPSA) is 109 Å². The predicted octanol–water partition coefficient (Wildman–Crippen LogP) is 5.00. The molecule has 1 fully saturated rings. The highest BCUT2D eigenvalue weighted by Crippen LogP contribution is 2.36. The van der Waals surface area contributed by atoms with Crippen LogP contribution < -0.4 is 21.7 Å². The third-order valence-electron chi connectivity index (χ3n) is 6.16. The number of halogens is 5. The Morgan fingerprint density at radius 1 is 1.05 bits per heavy atom. The number of carbonyl (C=O) groups is 1. The molecule has 2 aromatic carbocycles. The number of nitrogens with one attached hydrogen (secondary N) is 3. The largest absolute Gasteiger partial charge is 0.416 e. The van der Waals surface area contributed by atoms with Crippen LogP contribution in [0, 0.1) is 11.6 Å². The van der Waals surface area contributed by atoms with Crippen molar-refractivity contribution in [1.82, 2.24) is 19.9 Å². The van der Waals surface area contributed by atoms with Crippen molar-refractivity contribution >= 4 is 28.7 Å². The van der Waals surface area contributed by atoms with E-state index in [9.17, 15) is 26.7 Å². The number of fused-ring (bicyclic) bond motifs is 1. The molecule has 5 N–H and O–H groups in total. The van der Waals surface area contributed by atoms with Gasteiger partial charge in [-0.2, -0.15) is 18.3 Å². The van der Waals surface area contributed by atoms with Crippen LogP contribution in [0.15, 0.2) is 48.8 Å². The second-order valence-corrected chi connectivity index (χ2v) is 8.54. The van der Waals surface area contributed by atoms with Crippen LogP contribution in [0.4, 0.5) is 43.9 Å². The molecule has 2 aromatic heterocycles. The van der Waals surface area contributed by atoms with Crippen molar-refractivity contribution in [2.45, 2.75) is 18.5 Å². The van der Waals surface area contributed by atoms with Crippen molar-refractivity contribution in [2.75, 3.05) is 29.5 Å². The first kappa shape index (κ1) is 24.4. The number of hydrogen-bond donors (Lipinski definition) is 4. The zero-order chi connectivity index (χ0) is 26.3. The normalized spacial score (nSPS) is 15.8. The molecule has 1 aliphatic rings. The molecule has 4 aromatic rings. The van der Waals surface area contributed by atoms with Gasteiger partial charge in [-0.3, -0.25) is 0 Å². The standard InChI is InChI=1S/C24H20F5N7O/c25-16-3-2-14(24(27,28)29)8-19(16)35-23(37)34-18-4-1-12(7-17(18)26)15-9-20(13-5-6-31-10-13)36-21(15)22(30)32-11-33-36/h1-4,7-9,11,13,31H,5-6,10H2,(H2,30,32,33)(H2,34,35,37). The number of anilines is 3. The SMILES string of the molecule is Nc1ncnn2c(C3CCNC3)cc(-c3ccc(NC(=O)Nc4cc(C(F)(F)F)ccc4F)c(F)c3)c12. The molecule has 5 rings (SSSR count). The van der Waals surface area contributed by atoms with Gasteiger partial charge in [0.2, 0.25) is 0 Å². The van der Waals surface area contributed by atoms with Gasteiger partial charge in [0.15, 0.2) is 5.82 Å². The molecule has 37 heavy (non-hydrogen) atoms. The second-order valence-electron chi connectivity index (χ2n) is 8.54. The van der Waals surface area contributed by atoms with E-state index in [-0.39, 0.29) is 17.4 Å². The molecular formula is C24H20F5N7O. The average molecular weight is 517 g/mol. The zero-order valence-electron chi connectivity index (χ0n) is 19.0. The van der Waals surface area contributed by atoms with E-state index in [1.807, 2.05) is 11.4 Å². The fourth-order valence-electron chi connectivity index (χ4n) is 4.37. The smallest absolute Gasteiger partial charge is 0.382 e. The number of urea groups is 1. The van der Waals surface area contributed by atoms with Gasteiger partial charge in [0.05, 0.1) is 16.9 Å². The van der Waals surface area contributed by atoms with E-state index < -0.39 is 35.1 Å². The van der Waals surface area contributed by atoms with Gasteiger partial charge >= 0.3 is 12.2 Å². The molecule has 1 atom stereocenters. The number of amides is 2. The molecule has 1 aliphatic heterocycles. The van der Waals surface area contributed by atoms with Crippen LogP contribution in [-0.2, 0) is 6.18 Å². The Morgan fingerprint density at radius 2 is 1.84 bits per heavy atom. The van der Waals surface area contributed by atoms with E-state index in [1.54, 1.807) is 10.6 Å². The Labute approximate surface area is 206 Å². The van der Waals surface area contributed by atoms with Crippen molar-refractivity contribution in [3.63, 3.8) is 0 Å². The summed E-state index contributed by atoms with van der Waals surface area (Å²) in [6, 6.07) is 6.36.